The van der Waals surface area contributed by atoms with Crippen LogP contribution in [-0.4, -0.2) is 33.3 Å². The maximum atomic E-state index is 12.7. The summed E-state index contributed by atoms with van der Waals surface area (Å²) < 4.78 is 7.45. The summed E-state index contributed by atoms with van der Waals surface area (Å²) in [6.07, 6.45) is 6.85. The summed E-state index contributed by atoms with van der Waals surface area (Å²) in [5, 5.41) is 4.22. The predicted octanol–water partition coefficient (Wildman–Crippen LogP) is 2.40. The molecular formula is C15H25N3O2. The van der Waals surface area contributed by atoms with Gasteiger partial charge in [-0.25, -0.2) is 9.67 Å². The monoisotopic (exact) mass is 279 g/mol. The number of nitrogens with zero attached hydrogens (tertiary/aromatic N) is 3. The van der Waals surface area contributed by atoms with E-state index in [1.54, 1.807) is 7.11 Å². The standard InChI is InChI=1S/C15H25N3O2/c1-12(2)10-18-14(16-11-17-18)9-13(19)15(20-3)7-5-4-6-8-15/h11-12H,4-10H2,1-3H3. The number of ketones is 1. The summed E-state index contributed by atoms with van der Waals surface area (Å²) in [4.78, 5) is 16.9. The van der Waals surface area contributed by atoms with E-state index < -0.39 is 5.60 Å². The van der Waals surface area contributed by atoms with Crippen molar-refractivity contribution in [3.8, 4) is 0 Å². The summed E-state index contributed by atoms with van der Waals surface area (Å²) in [6, 6.07) is 0. The van der Waals surface area contributed by atoms with Gasteiger partial charge in [-0.05, 0) is 18.8 Å². The summed E-state index contributed by atoms with van der Waals surface area (Å²) in [6.45, 7) is 5.05. The minimum absolute atomic E-state index is 0.151. The molecular weight excluding hydrogens is 254 g/mol. The fraction of sp³-hybridized carbons (Fsp3) is 0.800. The Bertz CT molecular complexity index is 448. The fourth-order valence-corrected chi connectivity index (χ4v) is 2.95. The van der Waals surface area contributed by atoms with Gasteiger partial charge in [0.25, 0.3) is 0 Å². The van der Waals surface area contributed by atoms with E-state index in [0.717, 1.165) is 38.1 Å². The van der Waals surface area contributed by atoms with Crippen molar-refractivity contribution in [1.82, 2.24) is 14.8 Å². The Kier molecular flexibility index (Phi) is 4.91. The first kappa shape index (κ1) is 15.2. The van der Waals surface area contributed by atoms with Gasteiger partial charge in [-0.15, -0.1) is 0 Å². The predicted molar refractivity (Wildman–Crippen MR) is 76.4 cm³/mol. The van der Waals surface area contributed by atoms with Crippen LogP contribution in [0.5, 0.6) is 0 Å². The Balaban J connectivity index is 2.08. The number of rotatable bonds is 6. The summed E-state index contributed by atoms with van der Waals surface area (Å²) in [5.41, 5.74) is -0.590. The molecule has 5 nitrogen and oxygen atoms in total. The van der Waals surface area contributed by atoms with Crippen molar-refractivity contribution in [2.24, 2.45) is 5.92 Å². The Morgan fingerprint density at radius 1 is 1.40 bits per heavy atom. The highest BCUT2D eigenvalue weighted by molar-refractivity contribution is 5.88. The summed E-state index contributed by atoms with van der Waals surface area (Å²) in [5.74, 6) is 1.39. The second-order valence-corrected chi connectivity index (χ2v) is 6.11. The fourth-order valence-electron chi connectivity index (χ4n) is 2.95. The van der Waals surface area contributed by atoms with E-state index in [4.69, 9.17) is 4.74 Å². The van der Waals surface area contributed by atoms with Crippen LogP contribution >= 0.6 is 0 Å². The average Bonchev–Trinajstić information content (AvgIpc) is 2.86. The molecule has 1 aromatic heterocycles. The SMILES string of the molecule is COC1(C(=O)Cc2ncnn2CC(C)C)CCCCC1. The third kappa shape index (κ3) is 3.26. The molecule has 0 saturated heterocycles. The van der Waals surface area contributed by atoms with Gasteiger partial charge >= 0.3 is 0 Å². The molecule has 0 N–H and O–H groups in total. The normalized spacial score (nSPS) is 18.4. The first-order valence-corrected chi connectivity index (χ1v) is 7.52. The van der Waals surface area contributed by atoms with Crippen LogP contribution in [0.3, 0.4) is 0 Å². The second kappa shape index (κ2) is 6.48. The molecule has 0 aliphatic heterocycles. The lowest BCUT2D eigenvalue weighted by atomic mass is 9.80. The molecule has 1 aliphatic rings. The minimum atomic E-state index is -0.590. The summed E-state index contributed by atoms with van der Waals surface area (Å²) >= 11 is 0. The lowest BCUT2D eigenvalue weighted by Crippen LogP contribution is -2.43. The Morgan fingerprint density at radius 3 is 2.70 bits per heavy atom. The first-order valence-electron chi connectivity index (χ1n) is 7.52. The van der Waals surface area contributed by atoms with Gasteiger partial charge in [-0.1, -0.05) is 33.1 Å². The largest absolute Gasteiger partial charge is 0.370 e. The molecule has 1 heterocycles. The zero-order valence-electron chi connectivity index (χ0n) is 12.8. The number of hydrogen-bond acceptors (Lipinski definition) is 4. The summed E-state index contributed by atoms with van der Waals surface area (Å²) in [7, 11) is 1.65. The van der Waals surface area contributed by atoms with Crippen molar-refractivity contribution in [3.05, 3.63) is 12.2 Å². The van der Waals surface area contributed by atoms with Crippen LogP contribution in [0.4, 0.5) is 0 Å². The molecule has 0 aromatic carbocycles. The van der Waals surface area contributed by atoms with E-state index in [-0.39, 0.29) is 5.78 Å². The van der Waals surface area contributed by atoms with Gasteiger partial charge in [0.2, 0.25) is 0 Å². The molecule has 0 bridgehead atoms. The zero-order valence-corrected chi connectivity index (χ0v) is 12.8. The van der Waals surface area contributed by atoms with Crippen molar-refractivity contribution in [1.29, 1.82) is 0 Å². The maximum absolute atomic E-state index is 12.7. The number of methoxy groups -OCH3 is 1. The van der Waals surface area contributed by atoms with Crippen molar-refractivity contribution >= 4 is 5.78 Å². The van der Waals surface area contributed by atoms with Gasteiger partial charge in [-0.3, -0.25) is 4.79 Å². The van der Waals surface area contributed by atoms with Crippen LogP contribution in [0, 0.1) is 5.92 Å². The highest BCUT2D eigenvalue weighted by atomic mass is 16.5. The van der Waals surface area contributed by atoms with Crippen LogP contribution in [-0.2, 0) is 22.5 Å². The average molecular weight is 279 g/mol. The second-order valence-electron chi connectivity index (χ2n) is 6.11. The van der Waals surface area contributed by atoms with Crippen LogP contribution in [0.1, 0.15) is 51.8 Å². The number of Topliss-reactive ketones (excluding diaryl/α,β-unsaturated/α-hetero) is 1. The van der Waals surface area contributed by atoms with Crippen molar-refractivity contribution in [3.63, 3.8) is 0 Å². The smallest absolute Gasteiger partial charge is 0.172 e. The van der Waals surface area contributed by atoms with E-state index >= 15 is 0 Å². The van der Waals surface area contributed by atoms with E-state index in [1.807, 2.05) is 4.68 Å². The number of aromatic nitrogens is 3. The van der Waals surface area contributed by atoms with Crippen molar-refractivity contribution in [2.75, 3.05) is 7.11 Å². The molecule has 0 amide bonds. The Labute approximate surface area is 120 Å². The molecule has 20 heavy (non-hydrogen) atoms. The van der Waals surface area contributed by atoms with E-state index in [9.17, 15) is 4.79 Å². The molecule has 0 radical (unpaired) electrons. The molecule has 1 aromatic rings. The van der Waals surface area contributed by atoms with Crippen LogP contribution < -0.4 is 0 Å². The molecule has 1 fully saturated rings. The van der Waals surface area contributed by atoms with Crippen molar-refractivity contribution in [2.45, 2.75) is 64.5 Å². The lowest BCUT2D eigenvalue weighted by Gasteiger charge is -2.34. The first-order chi connectivity index (χ1) is 9.57. The molecule has 112 valence electrons. The van der Waals surface area contributed by atoms with Crippen LogP contribution in [0.25, 0.3) is 0 Å². The number of carbonyl (C=O) groups excluding carboxylic acids is 1. The van der Waals surface area contributed by atoms with Gasteiger partial charge in [0.05, 0.1) is 6.42 Å². The zero-order chi connectivity index (χ0) is 14.6. The number of ether oxygens (including phenoxy) is 1. The van der Waals surface area contributed by atoms with Gasteiger partial charge < -0.3 is 4.74 Å². The highest BCUT2D eigenvalue weighted by Crippen LogP contribution is 2.32. The van der Waals surface area contributed by atoms with Gasteiger partial charge in [-0.2, -0.15) is 5.10 Å². The van der Waals surface area contributed by atoms with Gasteiger partial charge in [0.15, 0.2) is 5.78 Å². The van der Waals surface area contributed by atoms with E-state index in [0.29, 0.717) is 12.3 Å². The Hall–Kier alpha value is -1.23. The van der Waals surface area contributed by atoms with Gasteiger partial charge in [0, 0.05) is 13.7 Å². The third-order valence-electron chi connectivity index (χ3n) is 4.11. The molecule has 2 rings (SSSR count). The number of carbonyl (C=O) groups is 1. The van der Waals surface area contributed by atoms with Crippen molar-refractivity contribution < 1.29 is 9.53 Å². The molecule has 5 heteroatoms. The van der Waals surface area contributed by atoms with E-state index in [2.05, 4.69) is 23.9 Å². The van der Waals surface area contributed by atoms with E-state index in [1.165, 1.54) is 12.7 Å². The van der Waals surface area contributed by atoms with Gasteiger partial charge in [0.1, 0.15) is 17.8 Å². The number of hydrogen-bond donors (Lipinski definition) is 0. The Morgan fingerprint density at radius 2 is 2.10 bits per heavy atom. The molecule has 0 spiro atoms. The van der Waals surface area contributed by atoms with Crippen LogP contribution in [0.2, 0.25) is 0 Å². The molecule has 1 aliphatic carbocycles. The molecule has 0 atom stereocenters. The third-order valence-corrected chi connectivity index (χ3v) is 4.11. The highest BCUT2D eigenvalue weighted by Gasteiger charge is 2.39. The molecule has 1 saturated carbocycles. The lowest BCUT2D eigenvalue weighted by molar-refractivity contribution is -0.144. The van der Waals surface area contributed by atoms with Crippen LogP contribution in [0.15, 0.2) is 6.33 Å². The molecule has 0 unspecified atom stereocenters. The maximum Gasteiger partial charge on any atom is 0.172 e. The minimum Gasteiger partial charge on any atom is -0.370 e. The quantitative estimate of drug-likeness (QED) is 0.802. The topological polar surface area (TPSA) is 57.0 Å².